The fourth-order valence-corrected chi connectivity index (χ4v) is 5.65. The standard InChI is InChI=1S/C21H25FN4O7S/c1-11-6-13(4-5-14(11)22)23-19(27)17-18-16(9-25(17)2)34(30,31)24-15-8-26(7-12(15)10-33-18)20(28)21(29)32-3/h4-6,9,12,15,24,30-31H,7-8,10H2,1-3H3,(H,23,27)/t12-,15-/m0/s1. The third-order valence-corrected chi connectivity index (χ3v) is 7.42. The lowest BCUT2D eigenvalue weighted by Crippen LogP contribution is -2.42. The predicted molar refractivity (Wildman–Crippen MR) is 120 cm³/mol. The molecule has 13 heteroatoms. The van der Waals surface area contributed by atoms with E-state index < -0.39 is 40.4 Å². The van der Waals surface area contributed by atoms with Crippen molar-refractivity contribution < 1.29 is 37.4 Å². The Kier molecular flexibility index (Phi) is 6.29. The van der Waals surface area contributed by atoms with Crippen LogP contribution in [0.15, 0.2) is 29.3 Å². The molecule has 0 radical (unpaired) electrons. The summed E-state index contributed by atoms with van der Waals surface area (Å²) in [7, 11) is -0.964. The summed E-state index contributed by atoms with van der Waals surface area (Å²) in [5, 5.41) is 2.67. The van der Waals surface area contributed by atoms with Crippen LogP contribution in [0, 0.1) is 18.7 Å². The summed E-state index contributed by atoms with van der Waals surface area (Å²) in [5.74, 6) is -3.24. The molecule has 0 bridgehead atoms. The van der Waals surface area contributed by atoms with E-state index in [2.05, 4.69) is 14.8 Å². The van der Waals surface area contributed by atoms with E-state index in [9.17, 15) is 27.9 Å². The zero-order chi connectivity index (χ0) is 24.8. The molecule has 34 heavy (non-hydrogen) atoms. The van der Waals surface area contributed by atoms with Gasteiger partial charge in [-0.25, -0.2) is 13.9 Å². The first-order valence-electron chi connectivity index (χ1n) is 10.3. The van der Waals surface area contributed by atoms with Gasteiger partial charge < -0.3 is 24.3 Å². The van der Waals surface area contributed by atoms with E-state index in [0.29, 0.717) is 11.3 Å². The summed E-state index contributed by atoms with van der Waals surface area (Å²) in [6, 6.07) is 3.57. The molecular weight excluding hydrogens is 471 g/mol. The van der Waals surface area contributed by atoms with Crippen LogP contribution in [-0.4, -0.2) is 69.2 Å². The number of halogens is 1. The van der Waals surface area contributed by atoms with Gasteiger partial charge in [-0.3, -0.25) is 18.7 Å². The number of anilines is 1. The van der Waals surface area contributed by atoms with Gasteiger partial charge in [0.1, 0.15) is 10.7 Å². The van der Waals surface area contributed by atoms with Crippen LogP contribution in [-0.2, 0) is 21.4 Å². The molecule has 1 aromatic heterocycles. The average Bonchev–Trinajstić information content (AvgIpc) is 3.33. The first-order valence-corrected chi connectivity index (χ1v) is 11.9. The molecule has 1 aromatic carbocycles. The van der Waals surface area contributed by atoms with Crippen molar-refractivity contribution >= 4 is 34.2 Å². The van der Waals surface area contributed by atoms with Gasteiger partial charge in [0.05, 0.1) is 19.8 Å². The van der Waals surface area contributed by atoms with Gasteiger partial charge in [0, 0.05) is 37.9 Å². The van der Waals surface area contributed by atoms with E-state index in [1.807, 2.05) is 0 Å². The molecule has 4 rings (SSSR count). The lowest BCUT2D eigenvalue weighted by molar-refractivity contribution is -0.157. The molecule has 1 saturated heterocycles. The van der Waals surface area contributed by atoms with Crippen molar-refractivity contribution in [3.63, 3.8) is 0 Å². The predicted octanol–water partition coefficient (Wildman–Crippen LogP) is 1.73. The highest BCUT2D eigenvalue weighted by Gasteiger charge is 2.43. The number of nitrogens with zero attached hydrogens (tertiary/aromatic N) is 2. The van der Waals surface area contributed by atoms with Gasteiger partial charge in [-0.2, -0.15) is 0 Å². The summed E-state index contributed by atoms with van der Waals surface area (Å²) in [6.07, 6.45) is 1.38. The van der Waals surface area contributed by atoms with Gasteiger partial charge in [0.25, 0.3) is 5.91 Å². The van der Waals surface area contributed by atoms with Gasteiger partial charge >= 0.3 is 11.9 Å². The normalized spacial score (nSPS) is 21.9. The Hall–Kier alpha value is -3.13. The number of hydrogen-bond acceptors (Lipinski definition) is 8. The van der Waals surface area contributed by atoms with E-state index in [-0.39, 0.29) is 42.0 Å². The van der Waals surface area contributed by atoms with Gasteiger partial charge in [-0.05, 0) is 30.7 Å². The molecule has 1 fully saturated rings. The molecular formula is C21H25FN4O7S. The molecule has 0 saturated carbocycles. The highest BCUT2D eigenvalue weighted by Crippen LogP contribution is 2.53. The fraction of sp³-hybridized carbons (Fsp3) is 0.381. The van der Waals surface area contributed by atoms with E-state index in [4.69, 9.17) is 4.74 Å². The van der Waals surface area contributed by atoms with Crippen LogP contribution >= 0.6 is 10.8 Å². The lowest BCUT2D eigenvalue weighted by Gasteiger charge is -2.38. The van der Waals surface area contributed by atoms with Crippen molar-refractivity contribution in [2.75, 3.05) is 32.1 Å². The summed E-state index contributed by atoms with van der Waals surface area (Å²) in [4.78, 5) is 38.2. The second kappa shape index (κ2) is 8.91. The summed E-state index contributed by atoms with van der Waals surface area (Å²) in [5.41, 5.74) is 0.757. The molecule has 4 N–H and O–H groups in total. The maximum absolute atomic E-state index is 13.6. The number of esters is 1. The van der Waals surface area contributed by atoms with Crippen molar-refractivity contribution in [3.05, 3.63) is 41.5 Å². The van der Waals surface area contributed by atoms with Crippen molar-refractivity contribution in [1.29, 1.82) is 0 Å². The van der Waals surface area contributed by atoms with E-state index in [1.165, 1.54) is 33.9 Å². The number of aromatic nitrogens is 1. The first-order chi connectivity index (χ1) is 16.0. The smallest absolute Gasteiger partial charge is 0.396 e. The number of carbonyl (C=O) groups is 3. The zero-order valence-electron chi connectivity index (χ0n) is 18.7. The molecule has 11 nitrogen and oxygen atoms in total. The molecule has 2 aliphatic rings. The largest absolute Gasteiger partial charge is 0.489 e. The van der Waals surface area contributed by atoms with Gasteiger partial charge in [-0.15, -0.1) is 10.8 Å². The highest BCUT2D eigenvalue weighted by molar-refractivity contribution is 8.22. The molecule has 2 aromatic rings. The second-order valence-electron chi connectivity index (χ2n) is 8.25. The number of benzene rings is 1. The Morgan fingerprint density at radius 1 is 1.29 bits per heavy atom. The number of nitrogens with one attached hydrogen (secondary N) is 2. The Balaban J connectivity index is 1.61. The number of methoxy groups -OCH3 is 1. The number of fused-ring (bicyclic) bond motifs is 2. The second-order valence-corrected chi connectivity index (χ2v) is 10.0. The molecule has 0 unspecified atom stereocenters. The Morgan fingerprint density at radius 3 is 2.71 bits per heavy atom. The van der Waals surface area contributed by atoms with Crippen LogP contribution in [0.5, 0.6) is 5.75 Å². The van der Waals surface area contributed by atoms with E-state index >= 15 is 0 Å². The van der Waals surface area contributed by atoms with Gasteiger partial charge in [-0.1, -0.05) is 0 Å². The van der Waals surface area contributed by atoms with Crippen LogP contribution in [0.25, 0.3) is 0 Å². The Bertz CT molecular complexity index is 1170. The Morgan fingerprint density at radius 2 is 2.03 bits per heavy atom. The van der Waals surface area contributed by atoms with Crippen LogP contribution < -0.4 is 14.8 Å². The summed E-state index contributed by atoms with van der Waals surface area (Å²) in [6.45, 7) is 1.79. The third-order valence-electron chi connectivity index (χ3n) is 5.89. The number of amides is 2. The Labute approximate surface area is 196 Å². The minimum absolute atomic E-state index is 0.00775. The van der Waals surface area contributed by atoms with Crippen molar-refractivity contribution in [2.45, 2.75) is 17.9 Å². The first kappa shape index (κ1) is 24.0. The van der Waals surface area contributed by atoms with Gasteiger partial charge in [0.15, 0.2) is 11.4 Å². The quantitative estimate of drug-likeness (QED) is 0.364. The number of hydrogen-bond donors (Lipinski definition) is 4. The number of ether oxygens (including phenoxy) is 2. The number of carbonyl (C=O) groups excluding carboxylic acids is 3. The minimum Gasteiger partial charge on any atom is -0.489 e. The summed E-state index contributed by atoms with van der Waals surface area (Å²) >= 11 is 0. The van der Waals surface area contributed by atoms with E-state index in [0.717, 1.165) is 7.11 Å². The molecule has 0 aliphatic carbocycles. The SMILES string of the molecule is COC(=O)C(=O)N1C[C@H]2COc3c(cn(C)c3C(=O)Nc3ccc(F)c(C)c3)S(O)(O)N[C@H]2C1. The minimum atomic E-state index is -3.63. The van der Waals surface area contributed by atoms with Crippen LogP contribution in [0.1, 0.15) is 16.1 Å². The third kappa shape index (κ3) is 4.34. The van der Waals surface area contributed by atoms with Crippen molar-refractivity contribution in [2.24, 2.45) is 13.0 Å². The zero-order valence-corrected chi connectivity index (χ0v) is 19.5. The number of rotatable bonds is 2. The molecule has 0 spiro atoms. The maximum Gasteiger partial charge on any atom is 0.396 e. The van der Waals surface area contributed by atoms with Crippen molar-refractivity contribution in [3.8, 4) is 5.75 Å². The molecule has 184 valence electrons. The summed E-state index contributed by atoms with van der Waals surface area (Å²) < 4.78 is 50.0. The average molecular weight is 497 g/mol. The fourth-order valence-electron chi connectivity index (χ4n) is 4.12. The molecule has 2 aliphatic heterocycles. The highest BCUT2D eigenvalue weighted by atomic mass is 32.3. The van der Waals surface area contributed by atoms with Crippen LogP contribution in [0.4, 0.5) is 10.1 Å². The monoisotopic (exact) mass is 496 g/mol. The number of likely N-dealkylation sites (tertiary alicyclic amines) is 1. The maximum atomic E-state index is 13.6. The molecule has 3 heterocycles. The molecule has 2 atom stereocenters. The number of aryl methyl sites for hydroxylation is 2. The van der Waals surface area contributed by atoms with Gasteiger partial charge in [0.2, 0.25) is 0 Å². The molecule has 2 amide bonds. The van der Waals surface area contributed by atoms with E-state index in [1.54, 1.807) is 14.0 Å². The lowest BCUT2D eigenvalue weighted by atomic mass is 10.1. The van der Waals surface area contributed by atoms with Crippen LogP contribution in [0.2, 0.25) is 0 Å². The van der Waals surface area contributed by atoms with Crippen molar-refractivity contribution in [1.82, 2.24) is 14.2 Å². The topological polar surface area (TPSA) is 142 Å². The van der Waals surface area contributed by atoms with Crippen LogP contribution in [0.3, 0.4) is 0 Å².